The molecule has 2 N–H and O–H groups in total. The van der Waals surface area contributed by atoms with Gasteiger partial charge in [0.05, 0.1) is 30.1 Å². The maximum absolute atomic E-state index is 13.0. The minimum absolute atomic E-state index is 0.147. The van der Waals surface area contributed by atoms with Crippen LogP contribution in [0.25, 0.3) is 10.9 Å². The summed E-state index contributed by atoms with van der Waals surface area (Å²) in [7, 11) is 1.58. The Morgan fingerprint density at radius 2 is 1.93 bits per heavy atom. The zero-order valence-electron chi connectivity index (χ0n) is 17.2. The Bertz CT molecular complexity index is 1090. The first kappa shape index (κ1) is 20.5. The standard InChI is InChI=1S/C22H26N4O3/c1-14-8-7-11-18(15(14)2)25-22(28)23-16(3)20-24-19-10-6-5-9-17(19)21(27)26(20)12-13-29-4/h5-11,16H,12-13H2,1-4H3,(H2,23,25,28). The molecule has 0 bridgehead atoms. The molecule has 0 aliphatic carbocycles. The Kier molecular flexibility index (Phi) is 6.29. The fraction of sp³-hybridized carbons (Fsp3) is 0.318. The number of methoxy groups -OCH3 is 1. The average molecular weight is 394 g/mol. The number of anilines is 1. The SMILES string of the molecule is COCCn1c(C(C)NC(=O)Nc2cccc(C)c2C)nc2ccccc2c1=O. The highest BCUT2D eigenvalue weighted by Gasteiger charge is 2.18. The number of carbonyl (C=O) groups excluding carboxylic acids is 1. The fourth-order valence-corrected chi connectivity index (χ4v) is 3.22. The summed E-state index contributed by atoms with van der Waals surface area (Å²) < 4.78 is 6.71. The largest absolute Gasteiger partial charge is 0.383 e. The van der Waals surface area contributed by atoms with Gasteiger partial charge in [-0.3, -0.25) is 9.36 Å². The van der Waals surface area contributed by atoms with Crippen LogP contribution in [0.5, 0.6) is 0 Å². The van der Waals surface area contributed by atoms with Crippen LogP contribution in [0.15, 0.2) is 47.3 Å². The van der Waals surface area contributed by atoms with Gasteiger partial charge in [0.25, 0.3) is 5.56 Å². The van der Waals surface area contributed by atoms with E-state index < -0.39 is 6.04 Å². The maximum atomic E-state index is 13.0. The summed E-state index contributed by atoms with van der Waals surface area (Å²) >= 11 is 0. The van der Waals surface area contributed by atoms with E-state index in [1.54, 1.807) is 23.8 Å². The number of urea groups is 1. The quantitative estimate of drug-likeness (QED) is 0.670. The highest BCUT2D eigenvalue weighted by molar-refractivity contribution is 5.90. The van der Waals surface area contributed by atoms with Crippen molar-refractivity contribution in [1.82, 2.24) is 14.9 Å². The summed E-state index contributed by atoms with van der Waals surface area (Å²) in [6.07, 6.45) is 0. The third-order valence-electron chi connectivity index (χ3n) is 5.00. The molecule has 0 aliphatic heterocycles. The van der Waals surface area contributed by atoms with Crippen molar-refractivity contribution in [2.45, 2.75) is 33.4 Å². The Balaban J connectivity index is 1.89. The fourth-order valence-electron chi connectivity index (χ4n) is 3.22. The second-order valence-corrected chi connectivity index (χ2v) is 7.00. The number of hydrogen-bond donors (Lipinski definition) is 2. The van der Waals surface area contributed by atoms with Crippen molar-refractivity contribution in [3.8, 4) is 0 Å². The van der Waals surface area contributed by atoms with E-state index in [1.807, 2.05) is 51.1 Å². The number of nitrogens with zero attached hydrogens (tertiary/aromatic N) is 2. The molecule has 1 aromatic heterocycles. The molecule has 152 valence electrons. The normalized spacial score (nSPS) is 12.0. The second kappa shape index (κ2) is 8.87. The van der Waals surface area contributed by atoms with Gasteiger partial charge in [-0.15, -0.1) is 0 Å². The molecule has 1 heterocycles. The molecule has 2 amide bonds. The first-order valence-electron chi connectivity index (χ1n) is 9.54. The lowest BCUT2D eigenvalue weighted by Gasteiger charge is -2.20. The van der Waals surface area contributed by atoms with Gasteiger partial charge in [0.15, 0.2) is 0 Å². The molecule has 29 heavy (non-hydrogen) atoms. The first-order chi connectivity index (χ1) is 13.9. The summed E-state index contributed by atoms with van der Waals surface area (Å²) in [5.74, 6) is 0.488. The molecular weight excluding hydrogens is 368 g/mol. The van der Waals surface area contributed by atoms with Crippen LogP contribution >= 0.6 is 0 Å². The summed E-state index contributed by atoms with van der Waals surface area (Å²) in [5, 5.41) is 6.30. The third-order valence-corrected chi connectivity index (χ3v) is 5.00. The van der Waals surface area contributed by atoms with Crippen molar-refractivity contribution in [3.05, 3.63) is 69.8 Å². The van der Waals surface area contributed by atoms with E-state index in [2.05, 4.69) is 15.6 Å². The molecular formula is C22H26N4O3. The van der Waals surface area contributed by atoms with Gasteiger partial charge in [0.2, 0.25) is 0 Å². The lowest BCUT2D eigenvalue weighted by molar-refractivity contribution is 0.184. The number of aryl methyl sites for hydroxylation is 1. The second-order valence-electron chi connectivity index (χ2n) is 7.00. The number of para-hydroxylation sites is 1. The number of hydrogen-bond acceptors (Lipinski definition) is 4. The van der Waals surface area contributed by atoms with Crippen molar-refractivity contribution < 1.29 is 9.53 Å². The Morgan fingerprint density at radius 1 is 1.17 bits per heavy atom. The van der Waals surface area contributed by atoms with Gasteiger partial charge >= 0.3 is 6.03 Å². The molecule has 1 atom stereocenters. The van der Waals surface area contributed by atoms with Gasteiger partial charge < -0.3 is 15.4 Å². The van der Waals surface area contributed by atoms with Crippen molar-refractivity contribution in [2.24, 2.45) is 0 Å². The predicted molar refractivity (Wildman–Crippen MR) is 114 cm³/mol. The molecule has 7 heteroatoms. The van der Waals surface area contributed by atoms with Crippen molar-refractivity contribution >= 4 is 22.6 Å². The van der Waals surface area contributed by atoms with Gasteiger partial charge in [0.1, 0.15) is 5.82 Å². The molecule has 0 aliphatic rings. The number of fused-ring (bicyclic) bond motifs is 1. The van der Waals surface area contributed by atoms with E-state index in [9.17, 15) is 9.59 Å². The number of carbonyl (C=O) groups is 1. The summed E-state index contributed by atoms with van der Waals surface area (Å²) in [4.78, 5) is 30.2. The molecule has 7 nitrogen and oxygen atoms in total. The van der Waals surface area contributed by atoms with E-state index in [1.165, 1.54) is 0 Å². The zero-order valence-corrected chi connectivity index (χ0v) is 17.2. The number of nitrogens with one attached hydrogen (secondary N) is 2. The van der Waals surface area contributed by atoms with Crippen LogP contribution in [0.1, 0.15) is 29.9 Å². The maximum Gasteiger partial charge on any atom is 0.319 e. The number of benzene rings is 2. The van der Waals surface area contributed by atoms with E-state index >= 15 is 0 Å². The van der Waals surface area contributed by atoms with E-state index in [-0.39, 0.29) is 11.6 Å². The summed E-state index contributed by atoms with van der Waals surface area (Å²) in [6.45, 7) is 6.49. The van der Waals surface area contributed by atoms with Gasteiger partial charge in [-0.1, -0.05) is 24.3 Å². The van der Waals surface area contributed by atoms with Gasteiger partial charge in [-0.2, -0.15) is 0 Å². The van der Waals surface area contributed by atoms with Gasteiger partial charge in [-0.05, 0) is 50.1 Å². The molecule has 0 radical (unpaired) electrons. The van der Waals surface area contributed by atoms with E-state index in [0.717, 1.165) is 16.8 Å². The van der Waals surface area contributed by atoms with Crippen molar-refractivity contribution in [1.29, 1.82) is 0 Å². The van der Waals surface area contributed by atoms with E-state index in [4.69, 9.17) is 4.74 Å². The molecule has 0 spiro atoms. The minimum Gasteiger partial charge on any atom is -0.383 e. The molecule has 0 saturated carbocycles. The summed E-state index contributed by atoms with van der Waals surface area (Å²) in [6, 6.07) is 12.1. The highest BCUT2D eigenvalue weighted by atomic mass is 16.5. The van der Waals surface area contributed by atoms with E-state index in [0.29, 0.717) is 29.9 Å². The first-order valence-corrected chi connectivity index (χ1v) is 9.54. The van der Waals surface area contributed by atoms with Crippen LogP contribution in [-0.4, -0.2) is 29.3 Å². The molecule has 3 rings (SSSR count). The van der Waals surface area contributed by atoms with Crippen LogP contribution in [0.4, 0.5) is 10.5 Å². The number of ether oxygens (including phenoxy) is 1. The lowest BCUT2D eigenvalue weighted by atomic mass is 10.1. The van der Waals surface area contributed by atoms with Crippen LogP contribution in [0.3, 0.4) is 0 Å². The minimum atomic E-state index is -0.478. The average Bonchev–Trinajstić information content (AvgIpc) is 2.70. The topological polar surface area (TPSA) is 85.2 Å². The highest BCUT2D eigenvalue weighted by Crippen LogP contribution is 2.19. The molecule has 0 fully saturated rings. The number of aromatic nitrogens is 2. The van der Waals surface area contributed by atoms with Crippen LogP contribution in [0.2, 0.25) is 0 Å². The van der Waals surface area contributed by atoms with Crippen molar-refractivity contribution in [3.63, 3.8) is 0 Å². The van der Waals surface area contributed by atoms with Crippen LogP contribution in [-0.2, 0) is 11.3 Å². The molecule has 0 saturated heterocycles. The van der Waals surface area contributed by atoms with Gasteiger partial charge in [0, 0.05) is 12.8 Å². The molecule has 3 aromatic rings. The number of rotatable bonds is 6. The predicted octanol–water partition coefficient (Wildman–Crippen LogP) is 3.54. The third kappa shape index (κ3) is 4.46. The summed E-state index contributed by atoms with van der Waals surface area (Å²) in [5.41, 5.74) is 3.31. The van der Waals surface area contributed by atoms with Crippen LogP contribution < -0.4 is 16.2 Å². The zero-order chi connectivity index (χ0) is 21.0. The molecule has 2 aromatic carbocycles. The van der Waals surface area contributed by atoms with Gasteiger partial charge in [-0.25, -0.2) is 9.78 Å². The monoisotopic (exact) mass is 394 g/mol. The lowest BCUT2D eigenvalue weighted by Crippen LogP contribution is -2.36. The smallest absolute Gasteiger partial charge is 0.319 e. The number of amides is 2. The Morgan fingerprint density at radius 3 is 2.69 bits per heavy atom. The van der Waals surface area contributed by atoms with Crippen molar-refractivity contribution in [2.75, 3.05) is 19.0 Å². The van der Waals surface area contributed by atoms with Crippen LogP contribution in [0, 0.1) is 13.8 Å². The Labute approximate surface area is 169 Å². The Hall–Kier alpha value is -3.19. The molecule has 1 unspecified atom stereocenters.